The van der Waals surface area contributed by atoms with E-state index in [9.17, 15) is 9.59 Å². The molecular formula is C23H32ClN3O2. The molecule has 0 aliphatic heterocycles. The van der Waals surface area contributed by atoms with Crippen LogP contribution in [0.2, 0.25) is 0 Å². The van der Waals surface area contributed by atoms with Gasteiger partial charge in [-0.3, -0.25) is 9.59 Å². The van der Waals surface area contributed by atoms with Crippen LogP contribution in [0.1, 0.15) is 54.2 Å². The van der Waals surface area contributed by atoms with Crippen molar-refractivity contribution in [3.63, 3.8) is 0 Å². The number of nitrogens with one attached hydrogen (secondary N) is 2. The zero-order chi connectivity index (χ0) is 20.5. The largest absolute Gasteiger partial charge is 0.352 e. The van der Waals surface area contributed by atoms with E-state index in [0.29, 0.717) is 18.0 Å². The van der Waals surface area contributed by atoms with Crippen LogP contribution in [-0.4, -0.2) is 24.4 Å². The summed E-state index contributed by atoms with van der Waals surface area (Å²) in [6.07, 6.45) is 0.990. The van der Waals surface area contributed by atoms with Crippen LogP contribution in [0.5, 0.6) is 0 Å². The van der Waals surface area contributed by atoms with Crippen LogP contribution in [-0.2, 0) is 4.79 Å². The Labute approximate surface area is 179 Å². The number of hydrogen-bond acceptors (Lipinski definition) is 3. The molecule has 6 heteroatoms. The molecule has 29 heavy (non-hydrogen) atoms. The van der Waals surface area contributed by atoms with Crippen molar-refractivity contribution in [1.29, 1.82) is 0 Å². The molecule has 2 aromatic rings. The molecule has 0 aliphatic rings. The molecule has 2 unspecified atom stereocenters. The van der Waals surface area contributed by atoms with Gasteiger partial charge in [-0.2, -0.15) is 0 Å². The Balaban J connectivity index is 0.00000420. The molecule has 4 N–H and O–H groups in total. The molecule has 0 bridgehead atoms. The maximum absolute atomic E-state index is 12.7. The van der Waals surface area contributed by atoms with Gasteiger partial charge in [-0.1, -0.05) is 61.9 Å². The molecule has 0 radical (unpaired) electrons. The molecular weight excluding hydrogens is 386 g/mol. The Morgan fingerprint density at radius 1 is 0.966 bits per heavy atom. The fourth-order valence-corrected chi connectivity index (χ4v) is 3.14. The van der Waals surface area contributed by atoms with Crippen molar-refractivity contribution in [1.82, 2.24) is 10.6 Å². The van der Waals surface area contributed by atoms with Crippen LogP contribution < -0.4 is 16.4 Å². The molecule has 0 heterocycles. The number of nitrogens with two attached hydrogens (primary N) is 1. The number of amides is 2. The second kappa shape index (κ2) is 12.2. The predicted molar refractivity (Wildman–Crippen MR) is 120 cm³/mol. The fraction of sp³-hybridized carbons (Fsp3) is 0.391. The van der Waals surface area contributed by atoms with Gasteiger partial charge in [0, 0.05) is 18.2 Å². The lowest BCUT2D eigenvalue weighted by molar-refractivity contribution is -0.122. The van der Waals surface area contributed by atoms with Crippen molar-refractivity contribution in [2.24, 2.45) is 11.7 Å². The van der Waals surface area contributed by atoms with Crippen molar-refractivity contribution in [3.05, 3.63) is 71.3 Å². The molecule has 2 aromatic carbocycles. The van der Waals surface area contributed by atoms with E-state index in [1.807, 2.05) is 49.4 Å². The topological polar surface area (TPSA) is 84.2 Å². The summed E-state index contributed by atoms with van der Waals surface area (Å²) < 4.78 is 0. The molecule has 0 fully saturated rings. The first-order valence-electron chi connectivity index (χ1n) is 9.81. The summed E-state index contributed by atoms with van der Waals surface area (Å²) in [5, 5.41) is 6.00. The highest BCUT2D eigenvalue weighted by atomic mass is 35.5. The molecule has 5 nitrogen and oxygen atoms in total. The second-order valence-corrected chi connectivity index (χ2v) is 7.64. The van der Waals surface area contributed by atoms with E-state index in [4.69, 9.17) is 5.73 Å². The van der Waals surface area contributed by atoms with E-state index in [1.54, 1.807) is 12.1 Å². The number of carbonyl (C=O) groups excluding carboxylic acids is 2. The lowest BCUT2D eigenvalue weighted by atomic mass is 10.0. The molecule has 158 valence electrons. The summed E-state index contributed by atoms with van der Waals surface area (Å²) in [5.41, 5.74) is 8.36. The number of benzene rings is 2. The van der Waals surface area contributed by atoms with Gasteiger partial charge in [0.05, 0.1) is 12.5 Å². The van der Waals surface area contributed by atoms with E-state index in [-0.39, 0.29) is 36.7 Å². The third kappa shape index (κ3) is 8.26. The van der Waals surface area contributed by atoms with Gasteiger partial charge in [-0.15, -0.1) is 12.4 Å². The Morgan fingerprint density at radius 2 is 1.59 bits per heavy atom. The first-order valence-corrected chi connectivity index (χ1v) is 9.81. The van der Waals surface area contributed by atoms with Crippen LogP contribution >= 0.6 is 12.4 Å². The summed E-state index contributed by atoms with van der Waals surface area (Å²) in [4.78, 5) is 25.3. The highest BCUT2D eigenvalue weighted by Gasteiger charge is 2.21. The number of hydrogen-bond donors (Lipinski definition) is 3. The minimum Gasteiger partial charge on any atom is -0.352 e. The summed E-state index contributed by atoms with van der Waals surface area (Å²) >= 11 is 0. The van der Waals surface area contributed by atoms with Crippen molar-refractivity contribution >= 4 is 24.2 Å². The molecule has 2 amide bonds. The fourth-order valence-electron chi connectivity index (χ4n) is 3.14. The van der Waals surface area contributed by atoms with Crippen LogP contribution in [0, 0.1) is 12.8 Å². The predicted octanol–water partition coefficient (Wildman–Crippen LogP) is 3.77. The van der Waals surface area contributed by atoms with Crippen LogP contribution in [0.15, 0.2) is 54.6 Å². The van der Waals surface area contributed by atoms with Gasteiger partial charge in [0.1, 0.15) is 0 Å². The minimum absolute atomic E-state index is 0. The molecule has 2 rings (SSSR count). The standard InChI is InChI=1S/C23H31N3O2.ClH/c1-16(2)13-20(15-24)25-22(27)14-21(18-7-5-4-6-8-18)26-23(28)19-11-9-17(3)10-12-19;/h4-12,16,20-21H,13-15,24H2,1-3H3,(H,25,27)(H,26,28);1H. The maximum Gasteiger partial charge on any atom is 0.251 e. The first-order chi connectivity index (χ1) is 13.4. The smallest absolute Gasteiger partial charge is 0.251 e. The lowest BCUT2D eigenvalue weighted by Crippen LogP contribution is -2.42. The van der Waals surface area contributed by atoms with Gasteiger partial charge in [0.25, 0.3) is 5.91 Å². The first kappa shape index (κ1) is 24.7. The van der Waals surface area contributed by atoms with E-state index in [1.165, 1.54) is 0 Å². The third-order valence-corrected chi connectivity index (χ3v) is 4.62. The van der Waals surface area contributed by atoms with E-state index >= 15 is 0 Å². The summed E-state index contributed by atoms with van der Waals surface area (Å²) in [5.74, 6) is 0.133. The summed E-state index contributed by atoms with van der Waals surface area (Å²) in [6, 6.07) is 16.5. The van der Waals surface area contributed by atoms with Crippen molar-refractivity contribution in [2.45, 2.75) is 45.7 Å². The van der Waals surface area contributed by atoms with Crippen LogP contribution in [0.4, 0.5) is 0 Å². The van der Waals surface area contributed by atoms with Crippen LogP contribution in [0.3, 0.4) is 0 Å². The van der Waals surface area contributed by atoms with Gasteiger partial charge in [0.2, 0.25) is 5.91 Å². The Kier molecular flexibility index (Phi) is 10.4. The monoisotopic (exact) mass is 417 g/mol. The van der Waals surface area contributed by atoms with Gasteiger partial charge in [-0.25, -0.2) is 0 Å². The molecule has 0 aromatic heterocycles. The maximum atomic E-state index is 12.7. The zero-order valence-corrected chi connectivity index (χ0v) is 18.2. The van der Waals surface area contributed by atoms with Gasteiger partial charge in [-0.05, 0) is 37.0 Å². The van der Waals surface area contributed by atoms with Crippen molar-refractivity contribution < 1.29 is 9.59 Å². The number of rotatable bonds is 9. The van der Waals surface area contributed by atoms with E-state index in [0.717, 1.165) is 17.5 Å². The molecule has 0 aliphatic carbocycles. The Hall–Kier alpha value is -2.37. The average Bonchev–Trinajstić information content (AvgIpc) is 2.67. The molecule has 0 spiro atoms. The molecule has 2 atom stereocenters. The number of aryl methyl sites for hydroxylation is 1. The second-order valence-electron chi connectivity index (χ2n) is 7.64. The SMILES string of the molecule is Cc1ccc(C(=O)NC(CC(=O)NC(CN)CC(C)C)c2ccccc2)cc1.Cl. The van der Waals surface area contributed by atoms with Gasteiger partial charge in [0.15, 0.2) is 0 Å². The summed E-state index contributed by atoms with van der Waals surface area (Å²) in [6.45, 7) is 6.58. The van der Waals surface area contributed by atoms with Crippen molar-refractivity contribution in [3.8, 4) is 0 Å². The van der Waals surface area contributed by atoms with Gasteiger partial charge >= 0.3 is 0 Å². The van der Waals surface area contributed by atoms with Gasteiger partial charge < -0.3 is 16.4 Å². The quantitative estimate of drug-likeness (QED) is 0.580. The Morgan fingerprint density at radius 3 is 2.14 bits per heavy atom. The number of carbonyl (C=O) groups is 2. The third-order valence-electron chi connectivity index (χ3n) is 4.62. The van der Waals surface area contributed by atoms with Crippen molar-refractivity contribution in [2.75, 3.05) is 6.54 Å². The zero-order valence-electron chi connectivity index (χ0n) is 17.4. The summed E-state index contributed by atoms with van der Waals surface area (Å²) in [7, 11) is 0. The average molecular weight is 418 g/mol. The van der Waals surface area contributed by atoms with Crippen LogP contribution in [0.25, 0.3) is 0 Å². The highest BCUT2D eigenvalue weighted by Crippen LogP contribution is 2.18. The normalized spacial score (nSPS) is 12.6. The highest BCUT2D eigenvalue weighted by molar-refractivity contribution is 5.94. The van der Waals surface area contributed by atoms with E-state index in [2.05, 4.69) is 24.5 Å². The minimum atomic E-state index is -0.410. The lowest BCUT2D eigenvalue weighted by Gasteiger charge is -2.22. The Bertz CT molecular complexity index is 763. The number of halogens is 1. The van der Waals surface area contributed by atoms with E-state index < -0.39 is 6.04 Å². The molecule has 0 saturated heterocycles. The molecule has 0 saturated carbocycles.